The number of anilines is 1. The van der Waals surface area contributed by atoms with Gasteiger partial charge in [0, 0.05) is 33.3 Å². The van der Waals surface area contributed by atoms with Crippen molar-refractivity contribution in [1.29, 1.82) is 0 Å². The molecule has 168 valence electrons. The number of nitrogens with zero attached hydrogens (tertiary/aromatic N) is 2. The van der Waals surface area contributed by atoms with Gasteiger partial charge in [0.25, 0.3) is 0 Å². The standard InChI is InChI=1S/C23H32N4O3S/c1-19(20-9-4-3-5-10-20)30-17-8-14-25-23(24-2)26-15-18-31(28,29)27-16-13-21-11-6-7-12-22(21)27/h3-7,9-12,19H,8,13-18H2,1-2H3,(H2,24,25,26). The highest BCUT2D eigenvalue weighted by atomic mass is 32.2. The molecule has 1 atom stereocenters. The fourth-order valence-corrected chi connectivity index (χ4v) is 5.01. The van der Waals surface area contributed by atoms with Crippen LogP contribution in [0.4, 0.5) is 5.69 Å². The van der Waals surface area contributed by atoms with E-state index in [1.807, 2.05) is 49.4 Å². The number of sulfonamides is 1. The summed E-state index contributed by atoms with van der Waals surface area (Å²) in [5.41, 5.74) is 3.05. The fraction of sp³-hybridized carbons (Fsp3) is 0.435. The molecule has 2 N–H and O–H groups in total. The number of fused-ring (bicyclic) bond motifs is 1. The summed E-state index contributed by atoms with van der Waals surface area (Å²) in [6, 6.07) is 17.8. The summed E-state index contributed by atoms with van der Waals surface area (Å²) >= 11 is 0. The second-order valence-corrected chi connectivity index (χ2v) is 9.48. The van der Waals surface area contributed by atoms with Crippen LogP contribution in [-0.4, -0.2) is 53.4 Å². The highest BCUT2D eigenvalue weighted by Crippen LogP contribution is 2.29. The van der Waals surface area contributed by atoms with E-state index in [-0.39, 0.29) is 11.9 Å². The third-order valence-corrected chi connectivity index (χ3v) is 7.08. The Hall–Kier alpha value is -2.58. The van der Waals surface area contributed by atoms with Crippen LogP contribution in [-0.2, 0) is 21.2 Å². The van der Waals surface area contributed by atoms with Gasteiger partial charge in [-0.05, 0) is 37.0 Å². The Kier molecular flexibility index (Phi) is 8.31. The molecule has 8 heteroatoms. The number of guanidine groups is 1. The quantitative estimate of drug-likeness (QED) is 0.334. The SMILES string of the molecule is CN=C(NCCCOC(C)c1ccccc1)NCCS(=O)(=O)N1CCc2ccccc21. The van der Waals surface area contributed by atoms with Crippen molar-refractivity contribution in [2.24, 2.45) is 4.99 Å². The topological polar surface area (TPSA) is 83.0 Å². The summed E-state index contributed by atoms with van der Waals surface area (Å²) < 4.78 is 32.9. The lowest BCUT2D eigenvalue weighted by Crippen LogP contribution is -2.42. The number of rotatable bonds is 10. The molecule has 0 aromatic heterocycles. The average molecular weight is 445 g/mol. The van der Waals surface area contributed by atoms with E-state index in [1.54, 1.807) is 7.05 Å². The molecular weight excluding hydrogens is 412 g/mol. The van der Waals surface area contributed by atoms with E-state index in [9.17, 15) is 8.42 Å². The molecule has 2 aromatic rings. The van der Waals surface area contributed by atoms with Gasteiger partial charge in [0.05, 0.1) is 17.5 Å². The van der Waals surface area contributed by atoms with E-state index in [4.69, 9.17) is 4.74 Å². The number of para-hydroxylation sites is 1. The van der Waals surface area contributed by atoms with Gasteiger partial charge in [-0.25, -0.2) is 8.42 Å². The zero-order valence-electron chi connectivity index (χ0n) is 18.3. The van der Waals surface area contributed by atoms with Gasteiger partial charge in [-0.2, -0.15) is 0 Å². The first-order valence-electron chi connectivity index (χ1n) is 10.7. The van der Waals surface area contributed by atoms with Crippen LogP contribution in [0.5, 0.6) is 0 Å². The van der Waals surface area contributed by atoms with Crippen molar-refractivity contribution in [3.05, 3.63) is 65.7 Å². The first kappa shape index (κ1) is 23.1. The van der Waals surface area contributed by atoms with Crippen LogP contribution >= 0.6 is 0 Å². The maximum Gasteiger partial charge on any atom is 0.236 e. The molecule has 0 fully saturated rings. The van der Waals surface area contributed by atoms with Crippen molar-refractivity contribution in [3.8, 4) is 0 Å². The summed E-state index contributed by atoms with van der Waals surface area (Å²) in [6.07, 6.45) is 1.64. The Morgan fingerprint density at radius 1 is 1.10 bits per heavy atom. The molecule has 3 rings (SSSR count). The zero-order chi connectivity index (χ0) is 22.1. The minimum Gasteiger partial charge on any atom is -0.374 e. The normalized spacial score (nSPS) is 14.9. The van der Waals surface area contributed by atoms with Gasteiger partial charge in [-0.3, -0.25) is 9.30 Å². The monoisotopic (exact) mass is 444 g/mol. The average Bonchev–Trinajstić information content (AvgIpc) is 3.23. The molecule has 1 unspecified atom stereocenters. The molecule has 0 bridgehead atoms. The van der Waals surface area contributed by atoms with Gasteiger partial charge < -0.3 is 15.4 Å². The van der Waals surface area contributed by atoms with Crippen LogP contribution in [0, 0.1) is 0 Å². The predicted octanol–water partition coefficient (Wildman–Crippen LogP) is 2.71. The number of benzene rings is 2. The Morgan fingerprint density at radius 2 is 1.81 bits per heavy atom. The van der Waals surface area contributed by atoms with Crippen LogP contribution in [0.15, 0.2) is 59.6 Å². The fourth-order valence-electron chi connectivity index (χ4n) is 3.59. The molecule has 31 heavy (non-hydrogen) atoms. The van der Waals surface area contributed by atoms with Crippen molar-refractivity contribution in [2.75, 3.05) is 43.3 Å². The number of hydrogen-bond acceptors (Lipinski definition) is 4. The summed E-state index contributed by atoms with van der Waals surface area (Å²) in [4.78, 5) is 4.17. The van der Waals surface area contributed by atoms with Crippen molar-refractivity contribution in [1.82, 2.24) is 10.6 Å². The lowest BCUT2D eigenvalue weighted by atomic mass is 10.1. The Labute approximate surface area is 185 Å². The lowest BCUT2D eigenvalue weighted by molar-refractivity contribution is 0.0646. The largest absolute Gasteiger partial charge is 0.374 e. The Balaban J connectivity index is 1.35. The molecule has 2 aromatic carbocycles. The van der Waals surface area contributed by atoms with Crippen molar-refractivity contribution in [3.63, 3.8) is 0 Å². The van der Waals surface area contributed by atoms with Crippen LogP contribution in [0.1, 0.15) is 30.6 Å². The molecule has 1 aliphatic rings. The predicted molar refractivity (Wildman–Crippen MR) is 126 cm³/mol. The van der Waals surface area contributed by atoms with E-state index < -0.39 is 10.0 Å². The minimum absolute atomic E-state index is 0.0136. The van der Waals surface area contributed by atoms with E-state index >= 15 is 0 Å². The molecule has 0 saturated carbocycles. The van der Waals surface area contributed by atoms with Gasteiger partial charge in [0.15, 0.2) is 5.96 Å². The molecule has 0 radical (unpaired) electrons. The number of ether oxygens (including phenoxy) is 1. The summed E-state index contributed by atoms with van der Waals surface area (Å²) in [6.45, 7) is 4.16. The molecule has 7 nitrogen and oxygen atoms in total. The third kappa shape index (κ3) is 6.45. The first-order chi connectivity index (χ1) is 15.0. The Bertz CT molecular complexity index is 964. The highest BCUT2D eigenvalue weighted by Gasteiger charge is 2.28. The molecule has 0 aliphatic carbocycles. The van der Waals surface area contributed by atoms with Gasteiger partial charge in [-0.15, -0.1) is 0 Å². The molecule has 1 heterocycles. The van der Waals surface area contributed by atoms with Gasteiger partial charge in [0.1, 0.15) is 0 Å². The van der Waals surface area contributed by atoms with Gasteiger partial charge in [-0.1, -0.05) is 48.5 Å². The highest BCUT2D eigenvalue weighted by molar-refractivity contribution is 7.92. The maximum atomic E-state index is 12.8. The van der Waals surface area contributed by atoms with E-state index in [0.29, 0.717) is 32.2 Å². The smallest absolute Gasteiger partial charge is 0.236 e. The molecule has 0 saturated heterocycles. The number of nitrogens with one attached hydrogen (secondary N) is 2. The van der Waals surface area contributed by atoms with Crippen molar-refractivity contribution in [2.45, 2.75) is 25.9 Å². The van der Waals surface area contributed by atoms with Crippen LogP contribution in [0.3, 0.4) is 0 Å². The molecule has 0 spiro atoms. The number of aliphatic imine (C=N–C) groups is 1. The maximum absolute atomic E-state index is 12.8. The van der Waals surface area contributed by atoms with E-state index in [0.717, 1.165) is 29.7 Å². The summed E-state index contributed by atoms with van der Waals surface area (Å²) in [7, 11) is -1.70. The minimum atomic E-state index is -3.37. The van der Waals surface area contributed by atoms with Crippen LogP contribution in [0.25, 0.3) is 0 Å². The molecule has 1 aliphatic heterocycles. The Morgan fingerprint density at radius 3 is 2.58 bits per heavy atom. The lowest BCUT2D eigenvalue weighted by Gasteiger charge is -2.20. The summed E-state index contributed by atoms with van der Waals surface area (Å²) in [5.74, 6) is 0.604. The van der Waals surface area contributed by atoms with Crippen molar-refractivity contribution < 1.29 is 13.2 Å². The van der Waals surface area contributed by atoms with Crippen LogP contribution < -0.4 is 14.9 Å². The zero-order valence-corrected chi connectivity index (χ0v) is 19.1. The first-order valence-corrected chi connectivity index (χ1v) is 12.3. The van der Waals surface area contributed by atoms with Crippen LogP contribution in [0.2, 0.25) is 0 Å². The summed E-state index contributed by atoms with van der Waals surface area (Å²) in [5, 5.41) is 6.30. The second-order valence-electron chi connectivity index (χ2n) is 7.47. The second kappa shape index (κ2) is 11.2. The van der Waals surface area contributed by atoms with Gasteiger partial charge in [0.2, 0.25) is 10.0 Å². The molecular formula is C23H32N4O3S. The third-order valence-electron chi connectivity index (χ3n) is 5.31. The van der Waals surface area contributed by atoms with E-state index in [1.165, 1.54) is 4.31 Å². The van der Waals surface area contributed by atoms with Crippen molar-refractivity contribution >= 4 is 21.7 Å². The van der Waals surface area contributed by atoms with Gasteiger partial charge >= 0.3 is 0 Å². The van der Waals surface area contributed by atoms with E-state index in [2.05, 4.69) is 27.8 Å². The number of hydrogen-bond donors (Lipinski definition) is 2. The molecule has 0 amide bonds.